The van der Waals surface area contributed by atoms with E-state index in [0.29, 0.717) is 22.9 Å². The van der Waals surface area contributed by atoms with Crippen LogP contribution >= 0.6 is 11.3 Å². The highest BCUT2D eigenvalue weighted by atomic mass is 32.1. The largest absolute Gasteiger partial charge is 0.484 e. The van der Waals surface area contributed by atoms with E-state index in [0.717, 1.165) is 24.3 Å². The summed E-state index contributed by atoms with van der Waals surface area (Å²) in [6, 6.07) is 13.7. The summed E-state index contributed by atoms with van der Waals surface area (Å²) in [6.45, 7) is 7.15. The Hall–Kier alpha value is -2.51. The molecule has 0 radical (unpaired) electrons. The third-order valence-corrected chi connectivity index (χ3v) is 5.55. The SMILES string of the molecule is CCN(CC)CCN(C(=O)COc1ccccc1)c1nc2ccc(F)cc2s1. The van der Waals surface area contributed by atoms with Gasteiger partial charge in [0.15, 0.2) is 11.7 Å². The highest BCUT2D eigenvalue weighted by Crippen LogP contribution is 2.29. The quantitative estimate of drug-likeness (QED) is 0.539. The van der Waals surface area contributed by atoms with Crippen LogP contribution in [0.2, 0.25) is 0 Å². The predicted molar refractivity (Wildman–Crippen MR) is 112 cm³/mol. The van der Waals surface area contributed by atoms with Crippen molar-refractivity contribution in [3.05, 3.63) is 54.3 Å². The fourth-order valence-electron chi connectivity index (χ4n) is 2.85. The molecule has 3 aromatic rings. The van der Waals surface area contributed by atoms with Crippen LogP contribution in [0.15, 0.2) is 48.5 Å². The first-order valence-corrected chi connectivity index (χ1v) is 10.2. The molecule has 0 aliphatic rings. The molecule has 3 rings (SSSR count). The number of ether oxygens (including phenoxy) is 1. The zero-order valence-corrected chi connectivity index (χ0v) is 16.9. The number of likely N-dealkylation sites (N-methyl/N-ethyl adjacent to an activating group) is 1. The van der Waals surface area contributed by atoms with Crippen molar-refractivity contribution in [3.8, 4) is 5.75 Å². The van der Waals surface area contributed by atoms with Gasteiger partial charge in [0.2, 0.25) is 0 Å². The number of amides is 1. The molecule has 7 heteroatoms. The number of rotatable bonds is 9. The van der Waals surface area contributed by atoms with Crippen molar-refractivity contribution in [3.63, 3.8) is 0 Å². The number of hydrogen-bond donors (Lipinski definition) is 0. The van der Waals surface area contributed by atoms with Crippen molar-refractivity contribution < 1.29 is 13.9 Å². The molecule has 1 amide bonds. The minimum Gasteiger partial charge on any atom is -0.484 e. The Morgan fingerprint density at radius 1 is 1.11 bits per heavy atom. The van der Waals surface area contributed by atoms with E-state index in [-0.39, 0.29) is 18.3 Å². The monoisotopic (exact) mass is 401 g/mol. The smallest absolute Gasteiger partial charge is 0.266 e. The van der Waals surface area contributed by atoms with Crippen LogP contribution in [0.25, 0.3) is 10.2 Å². The Morgan fingerprint density at radius 2 is 1.86 bits per heavy atom. The van der Waals surface area contributed by atoms with E-state index in [9.17, 15) is 9.18 Å². The van der Waals surface area contributed by atoms with Crippen LogP contribution in [0, 0.1) is 5.82 Å². The zero-order valence-electron chi connectivity index (χ0n) is 16.1. The molecule has 1 heterocycles. The van der Waals surface area contributed by atoms with E-state index < -0.39 is 0 Å². The maximum absolute atomic E-state index is 13.5. The van der Waals surface area contributed by atoms with E-state index in [1.54, 1.807) is 11.0 Å². The molecule has 0 spiro atoms. The first-order chi connectivity index (χ1) is 13.6. The Kier molecular flexibility index (Phi) is 6.95. The van der Waals surface area contributed by atoms with Gasteiger partial charge in [-0.2, -0.15) is 0 Å². The second kappa shape index (κ2) is 9.61. The number of anilines is 1. The second-order valence-corrected chi connectivity index (χ2v) is 7.29. The molecule has 0 saturated carbocycles. The Labute approximate surface area is 168 Å². The molecule has 0 atom stereocenters. The van der Waals surface area contributed by atoms with E-state index in [1.165, 1.54) is 23.5 Å². The van der Waals surface area contributed by atoms with Crippen LogP contribution in [0.5, 0.6) is 5.75 Å². The Balaban J connectivity index is 1.79. The van der Waals surface area contributed by atoms with Gasteiger partial charge in [-0.1, -0.05) is 43.4 Å². The van der Waals surface area contributed by atoms with Gasteiger partial charge in [0, 0.05) is 13.1 Å². The van der Waals surface area contributed by atoms with E-state index >= 15 is 0 Å². The summed E-state index contributed by atoms with van der Waals surface area (Å²) in [4.78, 5) is 21.4. The van der Waals surface area contributed by atoms with Crippen molar-refractivity contribution >= 4 is 32.6 Å². The highest BCUT2D eigenvalue weighted by Gasteiger charge is 2.21. The van der Waals surface area contributed by atoms with Crippen LogP contribution in [0.3, 0.4) is 0 Å². The summed E-state index contributed by atoms with van der Waals surface area (Å²) >= 11 is 1.32. The molecular weight excluding hydrogens is 377 g/mol. The lowest BCUT2D eigenvalue weighted by Gasteiger charge is -2.24. The molecule has 2 aromatic carbocycles. The van der Waals surface area contributed by atoms with E-state index in [4.69, 9.17) is 4.74 Å². The van der Waals surface area contributed by atoms with Crippen molar-refractivity contribution in [1.82, 2.24) is 9.88 Å². The molecule has 0 N–H and O–H groups in total. The number of benzene rings is 2. The van der Waals surface area contributed by atoms with Crippen LogP contribution in [0.1, 0.15) is 13.8 Å². The maximum Gasteiger partial charge on any atom is 0.266 e. The van der Waals surface area contributed by atoms with Crippen LogP contribution < -0.4 is 9.64 Å². The standard InChI is InChI=1S/C21H24FN3O2S/c1-3-24(4-2)12-13-25(20(26)15-27-17-8-6-5-7-9-17)21-23-18-11-10-16(22)14-19(18)28-21/h5-11,14H,3-4,12-13,15H2,1-2H3. The van der Waals surface area contributed by atoms with Crippen LogP contribution in [0.4, 0.5) is 9.52 Å². The lowest BCUT2D eigenvalue weighted by atomic mass is 10.3. The van der Waals surface area contributed by atoms with Crippen molar-refractivity contribution in [2.45, 2.75) is 13.8 Å². The van der Waals surface area contributed by atoms with Gasteiger partial charge in [0.1, 0.15) is 11.6 Å². The van der Waals surface area contributed by atoms with E-state index in [1.807, 2.05) is 30.3 Å². The molecule has 148 valence electrons. The minimum absolute atomic E-state index is 0.0768. The predicted octanol–water partition coefficient (Wildman–Crippen LogP) is 4.19. The lowest BCUT2D eigenvalue weighted by molar-refractivity contribution is -0.120. The number of para-hydroxylation sites is 1. The molecule has 1 aromatic heterocycles. The average Bonchev–Trinajstić information content (AvgIpc) is 3.13. The van der Waals surface area contributed by atoms with Gasteiger partial charge in [-0.05, 0) is 43.4 Å². The molecule has 28 heavy (non-hydrogen) atoms. The summed E-state index contributed by atoms with van der Waals surface area (Å²) in [6.07, 6.45) is 0. The third kappa shape index (κ3) is 5.05. The number of hydrogen-bond acceptors (Lipinski definition) is 5. The van der Waals surface area contributed by atoms with Crippen molar-refractivity contribution in [2.75, 3.05) is 37.7 Å². The molecule has 0 aliphatic carbocycles. The maximum atomic E-state index is 13.5. The van der Waals surface area contributed by atoms with Crippen LogP contribution in [-0.2, 0) is 4.79 Å². The number of fused-ring (bicyclic) bond motifs is 1. The number of nitrogens with zero attached hydrogens (tertiary/aromatic N) is 3. The zero-order chi connectivity index (χ0) is 19.9. The summed E-state index contributed by atoms with van der Waals surface area (Å²) < 4.78 is 19.9. The lowest BCUT2D eigenvalue weighted by Crippen LogP contribution is -2.41. The van der Waals surface area contributed by atoms with Gasteiger partial charge in [-0.3, -0.25) is 9.69 Å². The number of halogens is 1. The van der Waals surface area contributed by atoms with Gasteiger partial charge in [0.25, 0.3) is 5.91 Å². The fraction of sp³-hybridized carbons (Fsp3) is 0.333. The summed E-state index contributed by atoms with van der Waals surface area (Å²) in [5.74, 6) is 0.164. The van der Waals surface area contributed by atoms with Crippen molar-refractivity contribution in [1.29, 1.82) is 0 Å². The molecule has 0 aliphatic heterocycles. The molecule has 0 unspecified atom stereocenters. The van der Waals surface area contributed by atoms with Gasteiger partial charge >= 0.3 is 0 Å². The summed E-state index contributed by atoms with van der Waals surface area (Å²) in [5, 5.41) is 0.564. The number of aromatic nitrogens is 1. The van der Waals surface area contributed by atoms with Gasteiger partial charge < -0.3 is 9.64 Å². The first-order valence-electron chi connectivity index (χ1n) is 9.37. The van der Waals surface area contributed by atoms with Gasteiger partial charge in [0.05, 0.1) is 10.2 Å². The second-order valence-electron chi connectivity index (χ2n) is 6.28. The van der Waals surface area contributed by atoms with Gasteiger partial charge in [-0.25, -0.2) is 9.37 Å². The number of thiazole rings is 1. The normalized spacial score (nSPS) is 11.1. The third-order valence-electron chi connectivity index (χ3n) is 4.51. The summed E-state index contributed by atoms with van der Waals surface area (Å²) in [5.41, 5.74) is 0.686. The molecule has 0 bridgehead atoms. The summed E-state index contributed by atoms with van der Waals surface area (Å²) in [7, 11) is 0. The molecule has 5 nitrogen and oxygen atoms in total. The van der Waals surface area contributed by atoms with Crippen LogP contribution in [-0.4, -0.2) is 48.6 Å². The topological polar surface area (TPSA) is 45.7 Å². The minimum atomic E-state index is -0.309. The van der Waals surface area contributed by atoms with Gasteiger partial charge in [-0.15, -0.1) is 0 Å². The highest BCUT2D eigenvalue weighted by molar-refractivity contribution is 7.22. The number of carbonyl (C=O) groups excluding carboxylic acids is 1. The fourth-order valence-corrected chi connectivity index (χ4v) is 3.88. The number of carbonyl (C=O) groups is 1. The van der Waals surface area contributed by atoms with E-state index in [2.05, 4.69) is 23.7 Å². The Morgan fingerprint density at radius 3 is 2.57 bits per heavy atom. The molecule has 0 fully saturated rings. The van der Waals surface area contributed by atoms with Crippen molar-refractivity contribution in [2.24, 2.45) is 0 Å². The first kappa shape index (κ1) is 20.2. The average molecular weight is 402 g/mol. The Bertz CT molecular complexity index is 912. The molecular formula is C21H24FN3O2S. The molecule has 0 saturated heterocycles.